The van der Waals surface area contributed by atoms with E-state index in [1.165, 1.54) is 0 Å². The van der Waals surface area contributed by atoms with Crippen molar-refractivity contribution in [3.63, 3.8) is 0 Å². The molecule has 2 rings (SSSR count). The van der Waals surface area contributed by atoms with Crippen molar-refractivity contribution >= 4 is 17.3 Å². The Morgan fingerprint density at radius 1 is 1.60 bits per heavy atom. The largest absolute Gasteiger partial charge is 0.337 e. The number of nitrogens with one attached hydrogen (secondary N) is 2. The Balaban J connectivity index is 2.78. The lowest BCUT2D eigenvalue weighted by molar-refractivity contribution is 0.112. The first-order valence-corrected chi connectivity index (χ1v) is 2.87. The molecular formula is C6H5N3O. The molecule has 0 aromatic carbocycles. The number of aldehydes is 1. The maximum atomic E-state index is 10.2. The first-order chi connectivity index (χ1) is 4.90. The molecule has 0 radical (unpaired) electrons. The molecule has 2 aromatic rings. The van der Waals surface area contributed by atoms with Gasteiger partial charge in [0.1, 0.15) is 5.65 Å². The highest BCUT2D eigenvalue weighted by Crippen LogP contribution is 2.09. The van der Waals surface area contributed by atoms with Crippen LogP contribution in [0.3, 0.4) is 0 Å². The zero-order valence-electron chi connectivity index (χ0n) is 5.09. The van der Waals surface area contributed by atoms with Crippen LogP contribution in [0.25, 0.3) is 11.0 Å². The maximum Gasteiger partial charge on any atom is 0.166 e. The topological polar surface area (TPSA) is 61.5 Å². The molecule has 4 nitrogen and oxygen atoms in total. The summed E-state index contributed by atoms with van der Waals surface area (Å²) in [5.74, 6) is 0. The average Bonchev–Trinajstić information content (AvgIpc) is 2.42. The van der Waals surface area contributed by atoms with E-state index >= 15 is 0 Å². The van der Waals surface area contributed by atoms with Crippen LogP contribution < -0.4 is 0 Å². The van der Waals surface area contributed by atoms with E-state index in [1.807, 2.05) is 0 Å². The van der Waals surface area contributed by atoms with Gasteiger partial charge in [-0.25, -0.2) is 0 Å². The van der Waals surface area contributed by atoms with Crippen molar-refractivity contribution in [2.75, 3.05) is 0 Å². The smallest absolute Gasteiger partial charge is 0.166 e. The molecule has 0 fully saturated rings. The minimum Gasteiger partial charge on any atom is -0.337 e. The van der Waals surface area contributed by atoms with Crippen LogP contribution in [0.15, 0.2) is 12.3 Å². The van der Waals surface area contributed by atoms with E-state index in [0.717, 1.165) is 17.3 Å². The van der Waals surface area contributed by atoms with E-state index < -0.39 is 0 Å². The van der Waals surface area contributed by atoms with Gasteiger partial charge in [-0.05, 0) is 6.07 Å². The van der Waals surface area contributed by atoms with Crippen molar-refractivity contribution in [1.29, 1.82) is 0 Å². The first-order valence-electron chi connectivity index (χ1n) is 2.87. The SMILES string of the molecule is O=Cc1cc2cn[nH]c2[nH]1. The summed E-state index contributed by atoms with van der Waals surface area (Å²) in [6.07, 6.45) is 2.44. The number of rotatable bonds is 1. The lowest BCUT2D eigenvalue weighted by atomic mass is 10.4. The molecule has 0 aliphatic carbocycles. The number of H-pyrrole nitrogens is 2. The molecule has 0 spiro atoms. The summed E-state index contributed by atoms with van der Waals surface area (Å²) in [5, 5.41) is 7.41. The van der Waals surface area contributed by atoms with Gasteiger partial charge >= 0.3 is 0 Å². The van der Waals surface area contributed by atoms with Gasteiger partial charge in [0.25, 0.3) is 0 Å². The molecule has 0 aliphatic rings. The minimum atomic E-state index is 0.573. The molecule has 2 N–H and O–H groups in total. The predicted octanol–water partition coefficient (Wildman–Crippen LogP) is 0.704. The van der Waals surface area contributed by atoms with Crippen LogP contribution in [-0.4, -0.2) is 21.5 Å². The molecule has 0 saturated carbocycles. The number of aromatic amines is 2. The van der Waals surface area contributed by atoms with Crippen molar-refractivity contribution < 1.29 is 4.79 Å². The Labute approximate surface area is 56.2 Å². The molecule has 0 amide bonds. The third kappa shape index (κ3) is 0.556. The van der Waals surface area contributed by atoms with Gasteiger partial charge in [0.05, 0.1) is 11.9 Å². The van der Waals surface area contributed by atoms with Crippen LogP contribution in [-0.2, 0) is 0 Å². The van der Waals surface area contributed by atoms with Crippen molar-refractivity contribution in [3.8, 4) is 0 Å². The van der Waals surface area contributed by atoms with Crippen LogP contribution in [0.2, 0.25) is 0 Å². The molecule has 0 unspecified atom stereocenters. The summed E-state index contributed by atoms with van der Waals surface area (Å²) in [4.78, 5) is 13.0. The molecule has 50 valence electrons. The van der Waals surface area contributed by atoms with Gasteiger partial charge in [0, 0.05) is 5.39 Å². The summed E-state index contributed by atoms with van der Waals surface area (Å²) in [7, 11) is 0. The second kappa shape index (κ2) is 1.70. The van der Waals surface area contributed by atoms with Crippen LogP contribution in [0.1, 0.15) is 10.5 Å². The van der Waals surface area contributed by atoms with E-state index in [2.05, 4.69) is 15.2 Å². The molecule has 0 saturated heterocycles. The van der Waals surface area contributed by atoms with Crippen molar-refractivity contribution in [3.05, 3.63) is 18.0 Å². The lowest BCUT2D eigenvalue weighted by Gasteiger charge is -1.74. The zero-order valence-corrected chi connectivity index (χ0v) is 5.09. The van der Waals surface area contributed by atoms with E-state index in [1.54, 1.807) is 12.3 Å². The highest BCUT2D eigenvalue weighted by atomic mass is 16.1. The zero-order chi connectivity index (χ0) is 6.97. The van der Waals surface area contributed by atoms with E-state index in [-0.39, 0.29) is 0 Å². The normalized spacial score (nSPS) is 10.4. The van der Waals surface area contributed by atoms with Gasteiger partial charge in [-0.1, -0.05) is 0 Å². The second-order valence-electron chi connectivity index (χ2n) is 2.04. The number of nitrogens with zero attached hydrogens (tertiary/aromatic N) is 1. The van der Waals surface area contributed by atoms with Crippen LogP contribution in [0, 0.1) is 0 Å². The first kappa shape index (κ1) is 5.22. The number of aromatic nitrogens is 3. The Hall–Kier alpha value is -1.58. The minimum absolute atomic E-state index is 0.573. The third-order valence-electron chi connectivity index (χ3n) is 1.38. The van der Waals surface area contributed by atoms with Gasteiger partial charge < -0.3 is 4.98 Å². The number of carbonyl (C=O) groups excluding carboxylic acids is 1. The molecule has 0 aliphatic heterocycles. The Bertz CT molecular complexity index is 331. The summed E-state index contributed by atoms with van der Waals surface area (Å²) in [5.41, 5.74) is 1.37. The molecule has 4 heteroatoms. The fourth-order valence-corrected chi connectivity index (χ4v) is 0.916. The molecule has 2 aromatic heterocycles. The Morgan fingerprint density at radius 3 is 3.20 bits per heavy atom. The third-order valence-corrected chi connectivity index (χ3v) is 1.38. The summed E-state index contributed by atoms with van der Waals surface area (Å²) in [6.45, 7) is 0. The maximum absolute atomic E-state index is 10.2. The van der Waals surface area contributed by atoms with Crippen molar-refractivity contribution in [2.24, 2.45) is 0 Å². The van der Waals surface area contributed by atoms with Crippen LogP contribution in [0.5, 0.6) is 0 Å². The van der Waals surface area contributed by atoms with Crippen LogP contribution >= 0.6 is 0 Å². The van der Waals surface area contributed by atoms with Crippen molar-refractivity contribution in [1.82, 2.24) is 15.2 Å². The quantitative estimate of drug-likeness (QED) is 0.565. The molecule has 2 heterocycles. The highest BCUT2D eigenvalue weighted by Gasteiger charge is 1.98. The molecule has 0 bridgehead atoms. The number of hydrogen-bond donors (Lipinski definition) is 2. The van der Waals surface area contributed by atoms with E-state index in [9.17, 15) is 4.79 Å². The molecule has 10 heavy (non-hydrogen) atoms. The predicted molar refractivity (Wildman–Crippen MR) is 35.8 cm³/mol. The van der Waals surface area contributed by atoms with E-state index in [4.69, 9.17) is 0 Å². The summed E-state index contributed by atoms with van der Waals surface area (Å²) < 4.78 is 0. The fourth-order valence-electron chi connectivity index (χ4n) is 0.916. The van der Waals surface area contributed by atoms with Gasteiger partial charge in [-0.3, -0.25) is 9.89 Å². The molecular weight excluding hydrogens is 130 g/mol. The standard InChI is InChI=1S/C6H5N3O/c10-3-5-1-4-2-7-9-6(4)8-5/h1-3H,(H2,7,8,9). The highest BCUT2D eigenvalue weighted by molar-refractivity contribution is 5.85. The Morgan fingerprint density at radius 2 is 2.50 bits per heavy atom. The van der Waals surface area contributed by atoms with Crippen LogP contribution in [0.4, 0.5) is 0 Å². The van der Waals surface area contributed by atoms with E-state index in [0.29, 0.717) is 5.69 Å². The molecule has 0 atom stereocenters. The monoisotopic (exact) mass is 135 g/mol. The van der Waals surface area contributed by atoms with Gasteiger partial charge in [0.15, 0.2) is 6.29 Å². The lowest BCUT2D eigenvalue weighted by Crippen LogP contribution is -1.76. The van der Waals surface area contributed by atoms with Gasteiger partial charge in [-0.2, -0.15) is 5.10 Å². The summed E-state index contributed by atoms with van der Waals surface area (Å²) >= 11 is 0. The van der Waals surface area contributed by atoms with Gasteiger partial charge in [0.2, 0.25) is 0 Å². The average molecular weight is 135 g/mol. The number of hydrogen-bond acceptors (Lipinski definition) is 2. The Kier molecular flexibility index (Phi) is 0.887. The van der Waals surface area contributed by atoms with Crippen molar-refractivity contribution in [2.45, 2.75) is 0 Å². The number of fused-ring (bicyclic) bond motifs is 1. The fraction of sp³-hybridized carbons (Fsp3) is 0. The summed E-state index contributed by atoms with van der Waals surface area (Å²) in [6, 6.07) is 1.74. The van der Waals surface area contributed by atoms with Gasteiger partial charge in [-0.15, -0.1) is 0 Å². The number of carbonyl (C=O) groups is 1. The second-order valence-corrected chi connectivity index (χ2v) is 2.04.